The largest absolute Gasteiger partial charge is 0.465 e. The number of sulfonamides is 1. The van der Waals surface area contributed by atoms with Crippen LogP contribution in [-0.2, 0) is 14.8 Å². The van der Waals surface area contributed by atoms with E-state index < -0.39 is 21.9 Å². The fraction of sp³-hybridized carbons (Fsp3) is 0.364. The summed E-state index contributed by atoms with van der Waals surface area (Å²) >= 11 is 0. The van der Waals surface area contributed by atoms with Gasteiger partial charge in [-0.2, -0.15) is 4.31 Å². The highest BCUT2D eigenvalue weighted by molar-refractivity contribution is 7.89. The second-order valence-corrected chi connectivity index (χ2v) is 9.76. The molecule has 2 atom stereocenters. The topological polar surface area (TPSA) is 92.8 Å². The molecule has 1 heterocycles. The molecule has 0 radical (unpaired) electrons. The molecule has 0 aromatic heterocycles. The number of carbonyl (C=O) groups is 2. The summed E-state index contributed by atoms with van der Waals surface area (Å²) < 4.78 is 32.4. The number of hydrogen-bond donors (Lipinski definition) is 1. The van der Waals surface area contributed by atoms with Crippen molar-refractivity contribution in [3.63, 3.8) is 0 Å². The minimum atomic E-state index is -3.69. The number of carbonyl (C=O) groups excluding carboxylic acids is 2. The lowest BCUT2D eigenvalue weighted by Gasteiger charge is -2.34. The first kappa shape index (κ1) is 22.0. The maximum Gasteiger partial charge on any atom is 0.337 e. The van der Waals surface area contributed by atoms with Gasteiger partial charge < -0.3 is 10.1 Å². The van der Waals surface area contributed by atoms with Crippen molar-refractivity contribution in [1.29, 1.82) is 0 Å². The molecule has 1 aliphatic heterocycles. The molecule has 30 heavy (non-hydrogen) atoms. The number of nitrogens with zero attached hydrogens (tertiary/aromatic N) is 1. The molecular weight excluding hydrogens is 404 g/mol. The molecule has 1 fully saturated rings. The Kier molecular flexibility index (Phi) is 6.58. The third-order valence-electron chi connectivity index (χ3n) is 5.11. The molecule has 2 aromatic carbocycles. The van der Waals surface area contributed by atoms with E-state index in [-0.39, 0.29) is 22.3 Å². The van der Waals surface area contributed by atoms with Gasteiger partial charge in [0.25, 0.3) is 5.91 Å². The number of rotatable bonds is 5. The van der Waals surface area contributed by atoms with Crippen LogP contribution < -0.4 is 5.32 Å². The highest BCUT2D eigenvalue weighted by atomic mass is 32.2. The van der Waals surface area contributed by atoms with E-state index >= 15 is 0 Å². The zero-order valence-electron chi connectivity index (χ0n) is 17.3. The van der Waals surface area contributed by atoms with Gasteiger partial charge in [-0.3, -0.25) is 4.79 Å². The van der Waals surface area contributed by atoms with Gasteiger partial charge in [0.2, 0.25) is 10.0 Å². The summed E-state index contributed by atoms with van der Waals surface area (Å²) in [7, 11) is -2.40. The van der Waals surface area contributed by atoms with Gasteiger partial charge in [-0.05, 0) is 54.7 Å². The molecule has 1 N–H and O–H groups in total. The van der Waals surface area contributed by atoms with Crippen molar-refractivity contribution >= 4 is 27.6 Å². The molecule has 8 heteroatoms. The number of methoxy groups -OCH3 is 1. The number of hydrogen-bond acceptors (Lipinski definition) is 5. The van der Waals surface area contributed by atoms with Crippen LogP contribution in [0, 0.1) is 11.8 Å². The van der Waals surface area contributed by atoms with Gasteiger partial charge in [0, 0.05) is 24.3 Å². The zero-order chi connectivity index (χ0) is 21.9. The Morgan fingerprint density at radius 3 is 2.30 bits per heavy atom. The summed E-state index contributed by atoms with van der Waals surface area (Å²) in [6.07, 6.45) is 0.999. The van der Waals surface area contributed by atoms with Gasteiger partial charge >= 0.3 is 5.97 Å². The van der Waals surface area contributed by atoms with Crippen LogP contribution in [-0.4, -0.2) is 44.8 Å². The molecule has 160 valence electrons. The molecule has 2 aromatic rings. The minimum absolute atomic E-state index is 0.0970. The Hall–Kier alpha value is -2.71. The number of piperidine rings is 1. The van der Waals surface area contributed by atoms with Crippen molar-refractivity contribution in [1.82, 2.24) is 4.31 Å². The predicted octanol–water partition coefficient (Wildman–Crippen LogP) is 3.39. The third kappa shape index (κ3) is 4.88. The van der Waals surface area contributed by atoms with E-state index in [1.165, 1.54) is 29.6 Å². The highest BCUT2D eigenvalue weighted by Gasteiger charge is 2.32. The first-order chi connectivity index (χ1) is 14.2. The van der Waals surface area contributed by atoms with Crippen molar-refractivity contribution in [3.8, 4) is 0 Å². The Labute approximate surface area is 177 Å². The van der Waals surface area contributed by atoms with Gasteiger partial charge in [-0.1, -0.05) is 26.0 Å². The Morgan fingerprint density at radius 1 is 1.00 bits per heavy atom. The molecule has 1 saturated heterocycles. The van der Waals surface area contributed by atoms with Gasteiger partial charge in [0.1, 0.15) is 0 Å². The second kappa shape index (κ2) is 8.97. The van der Waals surface area contributed by atoms with Crippen molar-refractivity contribution in [2.24, 2.45) is 11.8 Å². The Balaban J connectivity index is 1.81. The second-order valence-electron chi connectivity index (χ2n) is 7.82. The van der Waals surface area contributed by atoms with Crippen LogP contribution in [0.15, 0.2) is 53.4 Å². The van der Waals surface area contributed by atoms with Gasteiger partial charge in [0.15, 0.2) is 0 Å². The third-order valence-corrected chi connectivity index (χ3v) is 6.94. The number of amides is 1. The normalized spacial score (nSPS) is 19.8. The lowest BCUT2D eigenvalue weighted by Crippen LogP contribution is -2.42. The number of ether oxygens (including phenoxy) is 1. The van der Waals surface area contributed by atoms with E-state index in [2.05, 4.69) is 10.1 Å². The highest BCUT2D eigenvalue weighted by Crippen LogP contribution is 2.27. The number of nitrogens with one attached hydrogen (secondary N) is 1. The van der Waals surface area contributed by atoms with Crippen LogP contribution in [0.3, 0.4) is 0 Å². The van der Waals surface area contributed by atoms with Crippen LogP contribution in [0.1, 0.15) is 41.0 Å². The first-order valence-electron chi connectivity index (χ1n) is 9.80. The smallest absolute Gasteiger partial charge is 0.337 e. The quantitative estimate of drug-likeness (QED) is 0.734. The number of benzene rings is 2. The fourth-order valence-corrected chi connectivity index (χ4v) is 5.52. The minimum Gasteiger partial charge on any atom is -0.465 e. The molecular formula is C22H26N2O5S. The Bertz CT molecular complexity index is 1040. The van der Waals surface area contributed by atoms with Crippen molar-refractivity contribution in [2.75, 3.05) is 25.5 Å². The maximum absolute atomic E-state index is 13.1. The van der Waals surface area contributed by atoms with E-state index in [0.29, 0.717) is 24.3 Å². The lowest BCUT2D eigenvalue weighted by molar-refractivity contribution is 0.0600. The first-order valence-corrected chi connectivity index (χ1v) is 11.2. The molecule has 2 unspecified atom stereocenters. The zero-order valence-corrected chi connectivity index (χ0v) is 18.1. The molecule has 0 spiro atoms. The van der Waals surface area contributed by atoms with Gasteiger partial charge in [-0.25, -0.2) is 13.2 Å². The SMILES string of the molecule is COC(=O)c1cccc(NC(=O)c2cccc(S(=O)(=O)N3CC(C)CC(C)C3)c2)c1. The summed E-state index contributed by atoms with van der Waals surface area (Å²) in [6, 6.07) is 12.4. The van der Waals surface area contributed by atoms with Gasteiger partial charge in [-0.15, -0.1) is 0 Å². The molecule has 1 aliphatic rings. The molecule has 0 bridgehead atoms. The van der Waals surface area contributed by atoms with E-state index in [9.17, 15) is 18.0 Å². The molecule has 3 rings (SSSR count). The summed E-state index contributed by atoms with van der Waals surface area (Å²) in [5, 5.41) is 2.69. The van der Waals surface area contributed by atoms with E-state index in [1.807, 2.05) is 13.8 Å². The fourth-order valence-electron chi connectivity index (χ4n) is 3.79. The summed E-state index contributed by atoms with van der Waals surface area (Å²) in [6.45, 7) is 5.04. The summed E-state index contributed by atoms with van der Waals surface area (Å²) in [5.41, 5.74) is 0.937. The summed E-state index contributed by atoms with van der Waals surface area (Å²) in [5.74, 6) is -0.396. The molecule has 7 nitrogen and oxygen atoms in total. The Morgan fingerprint density at radius 2 is 1.63 bits per heavy atom. The van der Waals surface area contributed by atoms with Crippen LogP contribution in [0.2, 0.25) is 0 Å². The monoisotopic (exact) mass is 430 g/mol. The standard InChI is InChI=1S/C22H26N2O5S/c1-15-10-16(2)14-24(13-15)30(27,28)20-9-5-6-17(12-20)21(25)23-19-8-4-7-18(11-19)22(26)29-3/h4-9,11-12,15-16H,10,13-14H2,1-3H3,(H,23,25). The van der Waals surface area contributed by atoms with Crippen LogP contribution in [0.25, 0.3) is 0 Å². The van der Waals surface area contributed by atoms with E-state index in [1.54, 1.807) is 30.3 Å². The molecule has 0 saturated carbocycles. The molecule has 0 aliphatic carbocycles. The van der Waals surface area contributed by atoms with Crippen LogP contribution in [0.4, 0.5) is 5.69 Å². The van der Waals surface area contributed by atoms with Crippen LogP contribution >= 0.6 is 0 Å². The lowest BCUT2D eigenvalue weighted by atomic mass is 9.94. The van der Waals surface area contributed by atoms with Crippen molar-refractivity contribution in [2.45, 2.75) is 25.2 Å². The number of anilines is 1. The number of esters is 1. The van der Waals surface area contributed by atoms with Gasteiger partial charge in [0.05, 0.1) is 17.6 Å². The van der Waals surface area contributed by atoms with Crippen molar-refractivity contribution in [3.05, 3.63) is 59.7 Å². The molecule has 1 amide bonds. The van der Waals surface area contributed by atoms with E-state index in [0.717, 1.165) is 6.42 Å². The average molecular weight is 431 g/mol. The predicted molar refractivity (Wildman–Crippen MR) is 114 cm³/mol. The van der Waals surface area contributed by atoms with Crippen molar-refractivity contribution < 1.29 is 22.7 Å². The van der Waals surface area contributed by atoms with Crippen LogP contribution in [0.5, 0.6) is 0 Å². The summed E-state index contributed by atoms with van der Waals surface area (Å²) in [4.78, 5) is 24.5. The van der Waals surface area contributed by atoms with E-state index in [4.69, 9.17) is 0 Å². The average Bonchev–Trinajstić information content (AvgIpc) is 2.72. The maximum atomic E-state index is 13.1.